The third kappa shape index (κ3) is 1.56. The van der Waals surface area contributed by atoms with E-state index in [0.717, 1.165) is 24.2 Å². The first-order valence-corrected chi connectivity index (χ1v) is 8.01. The van der Waals surface area contributed by atoms with Crippen molar-refractivity contribution in [2.75, 3.05) is 4.90 Å². The van der Waals surface area contributed by atoms with Crippen LogP contribution in [-0.4, -0.2) is 11.8 Å². The van der Waals surface area contributed by atoms with E-state index in [4.69, 9.17) is 0 Å². The number of halogens is 3. The van der Waals surface area contributed by atoms with Gasteiger partial charge in [0.2, 0.25) is 11.8 Å². The SMILES string of the molecule is O=C1[C@@H]2[C@@H]3CC[C@@H]([C@@H]4C[C@@H]43)[C@@H]2C(=O)N1c1cc(F)c(F)cc1F. The maximum Gasteiger partial charge on any atom is 0.238 e. The van der Waals surface area contributed by atoms with E-state index >= 15 is 0 Å². The maximum absolute atomic E-state index is 14.0. The summed E-state index contributed by atoms with van der Waals surface area (Å²) in [6.07, 6.45) is 2.95. The molecule has 2 amide bonds. The summed E-state index contributed by atoms with van der Waals surface area (Å²) in [6.45, 7) is 0. The standard InChI is InChI=1S/C17H14F3NO2/c18-10-4-12(20)13(5-11(10)19)21-16(22)14-6-1-2-7(9-3-8(6)9)15(14)17(21)23/h4-9,14-15H,1-3H2/t6-,7+,8-,9+,14-,15+. The van der Waals surface area contributed by atoms with E-state index in [9.17, 15) is 22.8 Å². The molecule has 0 aromatic heterocycles. The maximum atomic E-state index is 14.0. The van der Waals surface area contributed by atoms with Gasteiger partial charge in [0.05, 0.1) is 17.5 Å². The largest absolute Gasteiger partial charge is 0.274 e. The van der Waals surface area contributed by atoms with Crippen molar-refractivity contribution >= 4 is 17.5 Å². The molecule has 4 aliphatic carbocycles. The number of imide groups is 1. The lowest BCUT2D eigenvalue weighted by Crippen LogP contribution is -2.43. The average molecular weight is 321 g/mol. The summed E-state index contributed by atoms with van der Waals surface area (Å²) in [4.78, 5) is 26.3. The van der Waals surface area contributed by atoms with Crippen molar-refractivity contribution < 1.29 is 22.8 Å². The lowest BCUT2D eigenvalue weighted by atomic mass is 9.59. The zero-order chi connectivity index (χ0) is 16.0. The highest BCUT2D eigenvalue weighted by atomic mass is 19.2. The van der Waals surface area contributed by atoms with Gasteiger partial charge in [-0.25, -0.2) is 18.1 Å². The number of fused-ring (bicyclic) bond motifs is 1. The number of anilines is 1. The summed E-state index contributed by atoms with van der Waals surface area (Å²) in [6, 6.07) is 1.000. The number of amides is 2. The summed E-state index contributed by atoms with van der Waals surface area (Å²) in [7, 11) is 0. The molecule has 120 valence electrons. The topological polar surface area (TPSA) is 37.4 Å². The molecule has 2 bridgehead atoms. The number of carbonyl (C=O) groups excluding carboxylic acids is 2. The Morgan fingerprint density at radius 1 is 0.783 bits per heavy atom. The minimum Gasteiger partial charge on any atom is -0.274 e. The average Bonchev–Trinajstić information content (AvgIpc) is 3.29. The summed E-state index contributed by atoms with van der Waals surface area (Å²) in [5.41, 5.74) is -0.457. The predicted octanol–water partition coefficient (Wildman–Crippen LogP) is 2.89. The monoisotopic (exact) mass is 321 g/mol. The molecule has 0 spiro atoms. The van der Waals surface area contributed by atoms with Crippen molar-refractivity contribution in [3.8, 4) is 0 Å². The van der Waals surface area contributed by atoms with Crippen LogP contribution in [0.15, 0.2) is 12.1 Å². The van der Waals surface area contributed by atoms with Crippen LogP contribution in [0, 0.1) is 53.0 Å². The van der Waals surface area contributed by atoms with Crippen LogP contribution in [0.25, 0.3) is 0 Å². The van der Waals surface area contributed by atoms with Crippen LogP contribution in [-0.2, 0) is 9.59 Å². The molecule has 0 radical (unpaired) electrons. The highest BCUT2D eigenvalue weighted by Crippen LogP contribution is 2.68. The number of benzene rings is 1. The Labute approximate surface area is 130 Å². The van der Waals surface area contributed by atoms with Gasteiger partial charge in [-0.2, -0.15) is 0 Å². The van der Waals surface area contributed by atoms with Gasteiger partial charge in [-0.05, 0) is 42.9 Å². The Morgan fingerprint density at radius 3 is 1.87 bits per heavy atom. The molecule has 6 atom stereocenters. The molecular weight excluding hydrogens is 307 g/mol. The van der Waals surface area contributed by atoms with Gasteiger partial charge in [0, 0.05) is 12.1 Å². The van der Waals surface area contributed by atoms with Gasteiger partial charge in [-0.3, -0.25) is 9.59 Å². The molecule has 5 fully saturated rings. The molecule has 4 saturated carbocycles. The minimum absolute atomic E-state index is 0.185. The van der Waals surface area contributed by atoms with Gasteiger partial charge < -0.3 is 0 Å². The number of rotatable bonds is 1. The second kappa shape index (κ2) is 4.16. The second-order valence-electron chi connectivity index (χ2n) is 7.25. The number of nitrogens with zero attached hydrogens (tertiary/aromatic N) is 1. The van der Waals surface area contributed by atoms with Crippen LogP contribution in [0.4, 0.5) is 18.9 Å². The third-order valence-corrected chi connectivity index (χ3v) is 6.38. The first-order valence-electron chi connectivity index (χ1n) is 8.01. The first kappa shape index (κ1) is 13.6. The number of hydrogen-bond donors (Lipinski definition) is 0. The van der Waals surface area contributed by atoms with Crippen LogP contribution in [0.5, 0.6) is 0 Å². The highest BCUT2D eigenvalue weighted by molar-refractivity contribution is 6.22. The Hall–Kier alpha value is -1.85. The Bertz CT molecular complexity index is 730. The normalized spacial score (nSPS) is 40.4. The van der Waals surface area contributed by atoms with E-state index in [2.05, 4.69) is 0 Å². The van der Waals surface area contributed by atoms with Crippen LogP contribution < -0.4 is 4.90 Å². The lowest BCUT2D eigenvalue weighted by molar-refractivity contribution is -0.129. The van der Waals surface area contributed by atoms with Gasteiger partial charge in [0.1, 0.15) is 0 Å². The summed E-state index contributed by atoms with van der Waals surface area (Å²) in [5, 5.41) is 0. The highest BCUT2D eigenvalue weighted by Gasteiger charge is 2.68. The van der Waals surface area contributed by atoms with Crippen molar-refractivity contribution in [2.45, 2.75) is 19.3 Å². The minimum atomic E-state index is -1.33. The Kier molecular flexibility index (Phi) is 2.46. The molecular formula is C17H14F3NO2. The van der Waals surface area contributed by atoms with Crippen LogP contribution in [0.3, 0.4) is 0 Å². The summed E-state index contributed by atoms with van der Waals surface area (Å²) in [5.74, 6) is -3.96. The molecule has 1 heterocycles. The Morgan fingerprint density at radius 2 is 1.30 bits per heavy atom. The molecule has 1 saturated heterocycles. The molecule has 1 aliphatic heterocycles. The summed E-state index contributed by atoms with van der Waals surface area (Å²) >= 11 is 0. The van der Waals surface area contributed by atoms with Crippen molar-refractivity contribution in [3.63, 3.8) is 0 Å². The van der Waals surface area contributed by atoms with Crippen molar-refractivity contribution in [1.29, 1.82) is 0 Å². The third-order valence-electron chi connectivity index (χ3n) is 6.38. The van der Waals surface area contributed by atoms with Gasteiger partial charge in [-0.1, -0.05) is 0 Å². The fraction of sp³-hybridized carbons (Fsp3) is 0.529. The van der Waals surface area contributed by atoms with Crippen LogP contribution >= 0.6 is 0 Å². The fourth-order valence-corrected chi connectivity index (χ4v) is 5.46. The van der Waals surface area contributed by atoms with Crippen LogP contribution in [0.2, 0.25) is 0 Å². The van der Waals surface area contributed by atoms with Crippen molar-refractivity contribution in [2.24, 2.45) is 35.5 Å². The van der Waals surface area contributed by atoms with E-state index in [1.54, 1.807) is 0 Å². The van der Waals surface area contributed by atoms with E-state index in [-0.39, 0.29) is 11.8 Å². The molecule has 1 aromatic rings. The van der Waals surface area contributed by atoms with E-state index in [1.165, 1.54) is 0 Å². The second-order valence-corrected chi connectivity index (χ2v) is 7.25. The van der Waals surface area contributed by atoms with Gasteiger partial charge in [-0.15, -0.1) is 0 Å². The molecule has 0 unspecified atom stereocenters. The van der Waals surface area contributed by atoms with Gasteiger partial charge in [0.15, 0.2) is 17.5 Å². The molecule has 1 aromatic carbocycles. The van der Waals surface area contributed by atoms with Gasteiger partial charge >= 0.3 is 0 Å². The molecule has 6 heteroatoms. The van der Waals surface area contributed by atoms with E-state index in [1.807, 2.05) is 0 Å². The first-order chi connectivity index (χ1) is 11.0. The van der Waals surface area contributed by atoms with E-state index in [0.29, 0.717) is 24.0 Å². The quantitative estimate of drug-likeness (QED) is 0.589. The number of carbonyl (C=O) groups is 2. The molecule has 3 nitrogen and oxygen atoms in total. The zero-order valence-corrected chi connectivity index (χ0v) is 12.1. The van der Waals surface area contributed by atoms with Gasteiger partial charge in [0.25, 0.3) is 0 Å². The molecule has 0 N–H and O–H groups in total. The Balaban J connectivity index is 1.60. The molecule has 5 aliphatic rings. The number of hydrogen-bond acceptors (Lipinski definition) is 2. The van der Waals surface area contributed by atoms with Crippen molar-refractivity contribution in [1.82, 2.24) is 0 Å². The smallest absolute Gasteiger partial charge is 0.238 e. The predicted molar refractivity (Wildman–Crippen MR) is 73.6 cm³/mol. The molecule has 6 rings (SSSR count). The summed E-state index contributed by atoms with van der Waals surface area (Å²) < 4.78 is 40.7. The zero-order valence-electron chi connectivity index (χ0n) is 12.1. The van der Waals surface area contributed by atoms with Crippen LogP contribution in [0.1, 0.15) is 19.3 Å². The lowest BCUT2D eigenvalue weighted by Gasteiger charge is -2.42. The molecule has 23 heavy (non-hydrogen) atoms. The van der Waals surface area contributed by atoms with Crippen molar-refractivity contribution in [3.05, 3.63) is 29.6 Å². The van der Waals surface area contributed by atoms with E-state index < -0.39 is 46.8 Å². The fourth-order valence-electron chi connectivity index (χ4n) is 5.46.